The lowest BCUT2D eigenvalue weighted by atomic mass is 9.95. The molecule has 0 aromatic heterocycles. The van der Waals surface area contributed by atoms with Gasteiger partial charge < -0.3 is 25.4 Å². The van der Waals surface area contributed by atoms with E-state index in [1.54, 1.807) is 30.0 Å². The van der Waals surface area contributed by atoms with Gasteiger partial charge in [-0.05, 0) is 31.9 Å². The lowest BCUT2D eigenvalue weighted by Gasteiger charge is -2.32. The molecule has 3 N–H and O–H groups in total. The van der Waals surface area contributed by atoms with Crippen LogP contribution in [0.25, 0.3) is 0 Å². The molecule has 7 nitrogen and oxygen atoms in total. The number of nitrogens with two attached hydrogens (primary N) is 1. The minimum absolute atomic E-state index is 0.0308. The van der Waals surface area contributed by atoms with Crippen molar-refractivity contribution in [1.29, 1.82) is 0 Å². The topological polar surface area (TPSA) is 93.9 Å². The van der Waals surface area contributed by atoms with Crippen molar-refractivity contribution >= 4 is 17.5 Å². The van der Waals surface area contributed by atoms with Crippen LogP contribution in [0.15, 0.2) is 18.2 Å². The number of fused-ring (bicyclic) bond motifs is 1. The molecule has 0 spiro atoms. The van der Waals surface area contributed by atoms with E-state index in [1.165, 1.54) is 0 Å². The summed E-state index contributed by atoms with van der Waals surface area (Å²) in [6.07, 6.45) is 1.30. The third kappa shape index (κ3) is 3.39. The fraction of sp³-hybridized carbons (Fsp3) is 0.500. The highest BCUT2D eigenvalue weighted by molar-refractivity contribution is 5.93. The number of hydrogen-bond donors (Lipinski definition) is 2. The zero-order valence-corrected chi connectivity index (χ0v) is 13.1. The Morgan fingerprint density at radius 2 is 1.96 bits per heavy atom. The average Bonchev–Trinajstić information content (AvgIpc) is 3.01. The molecule has 1 atom stereocenters. The van der Waals surface area contributed by atoms with Crippen LogP contribution in [0.5, 0.6) is 11.5 Å². The van der Waals surface area contributed by atoms with Crippen LogP contribution in [-0.4, -0.2) is 42.6 Å². The molecule has 1 fully saturated rings. The normalized spacial score (nSPS) is 18.6. The highest BCUT2D eigenvalue weighted by atomic mass is 16.7. The maximum Gasteiger partial charge on any atom is 0.239 e. The molecule has 0 radical (unpaired) electrons. The molecule has 2 aliphatic heterocycles. The first-order valence-corrected chi connectivity index (χ1v) is 7.79. The number of hydrogen-bond acceptors (Lipinski definition) is 5. The maximum atomic E-state index is 12.4. The van der Waals surface area contributed by atoms with Crippen LogP contribution in [0.2, 0.25) is 0 Å². The molecule has 2 aliphatic rings. The SMILES string of the molecule is CC(N)C(=O)N1CCC(C(=O)Nc2ccc3c(c2)OCO3)CC1. The number of rotatable bonds is 3. The Hall–Kier alpha value is -2.28. The molecule has 23 heavy (non-hydrogen) atoms. The van der Waals surface area contributed by atoms with Crippen molar-refractivity contribution in [3.63, 3.8) is 0 Å². The lowest BCUT2D eigenvalue weighted by molar-refractivity contribution is -0.135. The summed E-state index contributed by atoms with van der Waals surface area (Å²) in [7, 11) is 0. The zero-order valence-electron chi connectivity index (χ0n) is 13.1. The molecule has 1 aromatic rings. The smallest absolute Gasteiger partial charge is 0.239 e. The summed E-state index contributed by atoms with van der Waals surface area (Å²) in [6, 6.07) is 4.84. The molecule has 2 heterocycles. The van der Waals surface area contributed by atoms with Crippen molar-refractivity contribution in [1.82, 2.24) is 4.90 Å². The zero-order chi connectivity index (χ0) is 16.4. The maximum absolute atomic E-state index is 12.4. The first-order chi connectivity index (χ1) is 11.0. The quantitative estimate of drug-likeness (QED) is 0.865. The van der Waals surface area contributed by atoms with E-state index in [0.717, 1.165) is 0 Å². The van der Waals surface area contributed by atoms with Gasteiger partial charge in [0.1, 0.15) is 0 Å². The summed E-state index contributed by atoms with van der Waals surface area (Å²) in [5.41, 5.74) is 6.30. The Balaban J connectivity index is 1.55. The Labute approximate surface area is 134 Å². The minimum atomic E-state index is -0.492. The van der Waals surface area contributed by atoms with Gasteiger partial charge in [0.05, 0.1) is 6.04 Å². The number of likely N-dealkylation sites (tertiary alicyclic amines) is 1. The molecule has 1 unspecified atom stereocenters. The summed E-state index contributed by atoms with van der Waals surface area (Å²) in [6.45, 7) is 3.03. The second kappa shape index (κ2) is 6.45. The molecule has 0 bridgehead atoms. The van der Waals surface area contributed by atoms with E-state index in [0.29, 0.717) is 43.1 Å². The predicted octanol–water partition coefficient (Wildman–Crippen LogP) is 0.940. The minimum Gasteiger partial charge on any atom is -0.454 e. The summed E-state index contributed by atoms with van der Waals surface area (Å²) in [5, 5.41) is 2.91. The second-order valence-corrected chi connectivity index (χ2v) is 5.95. The van der Waals surface area contributed by atoms with Crippen molar-refractivity contribution < 1.29 is 19.1 Å². The molecule has 0 aliphatic carbocycles. The molecule has 2 amide bonds. The number of amides is 2. The van der Waals surface area contributed by atoms with Gasteiger partial charge in [-0.2, -0.15) is 0 Å². The van der Waals surface area contributed by atoms with Crippen LogP contribution < -0.4 is 20.5 Å². The molecule has 3 rings (SSSR count). The molecule has 7 heteroatoms. The molecule has 0 saturated carbocycles. The Bertz CT molecular complexity index is 609. The van der Waals surface area contributed by atoms with Crippen molar-refractivity contribution in [2.75, 3.05) is 25.2 Å². The van der Waals surface area contributed by atoms with Crippen molar-refractivity contribution in [2.24, 2.45) is 11.7 Å². The number of benzene rings is 1. The van der Waals surface area contributed by atoms with Gasteiger partial charge in [0, 0.05) is 30.8 Å². The number of piperidine rings is 1. The number of ether oxygens (including phenoxy) is 2. The van der Waals surface area contributed by atoms with Crippen molar-refractivity contribution in [2.45, 2.75) is 25.8 Å². The van der Waals surface area contributed by atoms with Gasteiger partial charge in [0.15, 0.2) is 11.5 Å². The molecule has 1 aromatic carbocycles. The second-order valence-electron chi connectivity index (χ2n) is 5.95. The first-order valence-electron chi connectivity index (χ1n) is 7.79. The van der Waals surface area contributed by atoms with Gasteiger partial charge in [-0.25, -0.2) is 0 Å². The van der Waals surface area contributed by atoms with E-state index >= 15 is 0 Å². The van der Waals surface area contributed by atoms with Gasteiger partial charge in [-0.15, -0.1) is 0 Å². The lowest BCUT2D eigenvalue weighted by Crippen LogP contribution is -2.47. The monoisotopic (exact) mass is 319 g/mol. The summed E-state index contributed by atoms with van der Waals surface area (Å²) < 4.78 is 10.5. The van der Waals surface area contributed by atoms with E-state index < -0.39 is 6.04 Å². The van der Waals surface area contributed by atoms with Gasteiger partial charge in [0.2, 0.25) is 18.6 Å². The standard InChI is InChI=1S/C16H21N3O4/c1-10(17)16(21)19-6-4-11(5-7-19)15(20)18-12-2-3-13-14(8-12)23-9-22-13/h2-3,8,10-11H,4-7,9,17H2,1H3,(H,18,20). The van der Waals surface area contributed by atoms with Crippen LogP contribution in [0, 0.1) is 5.92 Å². The summed E-state index contributed by atoms with van der Waals surface area (Å²) in [5.74, 6) is 1.14. The third-order valence-electron chi connectivity index (χ3n) is 4.21. The van der Waals surface area contributed by atoms with E-state index in [1.807, 2.05) is 0 Å². The van der Waals surface area contributed by atoms with Gasteiger partial charge in [0.25, 0.3) is 0 Å². The van der Waals surface area contributed by atoms with Gasteiger partial charge in [-0.1, -0.05) is 0 Å². The van der Waals surface area contributed by atoms with E-state index in [4.69, 9.17) is 15.2 Å². The highest BCUT2D eigenvalue weighted by Gasteiger charge is 2.28. The Morgan fingerprint density at radius 3 is 2.65 bits per heavy atom. The van der Waals surface area contributed by atoms with Crippen molar-refractivity contribution in [3.05, 3.63) is 18.2 Å². The number of carbonyl (C=O) groups is 2. The van der Waals surface area contributed by atoms with Crippen LogP contribution in [0.4, 0.5) is 5.69 Å². The first kappa shape index (κ1) is 15.6. The Kier molecular flexibility index (Phi) is 4.38. The van der Waals surface area contributed by atoms with Crippen molar-refractivity contribution in [3.8, 4) is 11.5 Å². The Morgan fingerprint density at radius 1 is 1.26 bits per heavy atom. The fourth-order valence-electron chi connectivity index (χ4n) is 2.87. The largest absolute Gasteiger partial charge is 0.454 e. The third-order valence-corrected chi connectivity index (χ3v) is 4.21. The number of carbonyl (C=O) groups excluding carboxylic acids is 2. The predicted molar refractivity (Wildman–Crippen MR) is 84.1 cm³/mol. The summed E-state index contributed by atoms with van der Waals surface area (Å²) >= 11 is 0. The van der Waals surface area contributed by atoms with Gasteiger partial charge >= 0.3 is 0 Å². The van der Waals surface area contributed by atoms with Crippen LogP contribution >= 0.6 is 0 Å². The molecule has 124 valence electrons. The molecule has 1 saturated heterocycles. The number of anilines is 1. The molecular formula is C16H21N3O4. The van der Waals surface area contributed by atoms with E-state index in [9.17, 15) is 9.59 Å². The number of nitrogens with zero attached hydrogens (tertiary/aromatic N) is 1. The summed E-state index contributed by atoms with van der Waals surface area (Å²) in [4.78, 5) is 25.9. The van der Waals surface area contributed by atoms with Gasteiger partial charge in [-0.3, -0.25) is 9.59 Å². The van der Waals surface area contributed by atoms with Crippen LogP contribution in [0.1, 0.15) is 19.8 Å². The highest BCUT2D eigenvalue weighted by Crippen LogP contribution is 2.34. The average molecular weight is 319 g/mol. The van der Waals surface area contributed by atoms with Crippen LogP contribution in [-0.2, 0) is 9.59 Å². The fourth-order valence-corrected chi connectivity index (χ4v) is 2.87. The molecular weight excluding hydrogens is 298 g/mol. The van der Waals surface area contributed by atoms with E-state index in [-0.39, 0.29) is 24.5 Å². The van der Waals surface area contributed by atoms with E-state index in [2.05, 4.69) is 5.32 Å². The number of nitrogens with one attached hydrogen (secondary N) is 1. The van der Waals surface area contributed by atoms with Crippen LogP contribution in [0.3, 0.4) is 0 Å².